The van der Waals surface area contributed by atoms with Gasteiger partial charge in [0.1, 0.15) is 0 Å². The molecule has 0 amide bonds. The zero-order chi connectivity index (χ0) is 12.9. The van der Waals surface area contributed by atoms with Crippen molar-refractivity contribution in [1.82, 2.24) is 9.55 Å². The number of aliphatic hydroxyl groups is 1. The Labute approximate surface area is 113 Å². The van der Waals surface area contributed by atoms with Crippen LogP contribution in [0.2, 0.25) is 0 Å². The fourth-order valence-electron chi connectivity index (χ4n) is 2.39. The number of fused-ring (bicyclic) bond motifs is 1. The number of nitrogens with zero attached hydrogens (tertiary/aromatic N) is 2. The van der Waals surface area contributed by atoms with Crippen LogP contribution in [0.4, 0.5) is 0 Å². The fourth-order valence-corrected chi connectivity index (χ4v) is 3.04. The highest BCUT2D eigenvalue weighted by molar-refractivity contribution is 9.10. The number of carbonyl (C=O) groups is 1. The monoisotopic (exact) mass is 308 g/mol. The van der Waals surface area contributed by atoms with Crippen molar-refractivity contribution in [1.29, 1.82) is 0 Å². The molecule has 0 radical (unpaired) electrons. The molecule has 4 nitrogen and oxygen atoms in total. The predicted molar refractivity (Wildman–Crippen MR) is 71.7 cm³/mol. The van der Waals surface area contributed by atoms with Crippen molar-refractivity contribution in [2.24, 2.45) is 0 Å². The van der Waals surface area contributed by atoms with Crippen LogP contribution in [0.15, 0.2) is 22.9 Å². The molecule has 0 aliphatic heterocycles. The van der Waals surface area contributed by atoms with Crippen molar-refractivity contribution in [2.75, 3.05) is 0 Å². The number of imidazole rings is 1. The first-order valence-electron chi connectivity index (χ1n) is 5.91. The van der Waals surface area contributed by atoms with Gasteiger partial charge in [0.2, 0.25) is 0 Å². The Morgan fingerprint density at radius 2 is 2.22 bits per heavy atom. The van der Waals surface area contributed by atoms with Gasteiger partial charge in [-0.1, -0.05) is 0 Å². The number of aliphatic hydroxyl groups excluding tert-OH is 1. The van der Waals surface area contributed by atoms with E-state index in [2.05, 4.69) is 25.5 Å². The van der Waals surface area contributed by atoms with E-state index in [4.69, 9.17) is 0 Å². The van der Waals surface area contributed by atoms with Gasteiger partial charge in [0, 0.05) is 16.1 Å². The first-order valence-corrected chi connectivity index (χ1v) is 6.70. The number of hydrogen-bond donors (Lipinski definition) is 1. The summed E-state index contributed by atoms with van der Waals surface area (Å²) in [6, 6.07) is 3.95. The van der Waals surface area contributed by atoms with Gasteiger partial charge in [0.15, 0.2) is 5.78 Å². The first-order chi connectivity index (χ1) is 8.56. The van der Waals surface area contributed by atoms with Crippen LogP contribution < -0.4 is 0 Å². The molecule has 94 valence electrons. The van der Waals surface area contributed by atoms with Crippen LogP contribution in [0, 0.1) is 0 Å². The van der Waals surface area contributed by atoms with Gasteiger partial charge in [-0.05, 0) is 47.8 Å². The molecule has 1 heterocycles. The van der Waals surface area contributed by atoms with E-state index < -0.39 is 0 Å². The molecule has 1 aromatic heterocycles. The third kappa shape index (κ3) is 1.78. The van der Waals surface area contributed by atoms with Crippen LogP contribution in [0.1, 0.15) is 36.2 Å². The minimum atomic E-state index is -0.192. The van der Waals surface area contributed by atoms with Gasteiger partial charge >= 0.3 is 0 Å². The summed E-state index contributed by atoms with van der Waals surface area (Å²) >= 11 is 3.51. The number of carbonyl (C=O) groups excluding carboxylic acids is 1. The number of benzene rings is 1. The summed E-state index contributed by atoms with van der Waals surface area (Å²) in [5.41, 5.74) is 2.47. The molecule has 0 spiro atoms. The van der Waals surface area contributed by atoms with Gasteiger partial charge < -0.3 is 9.67 Å². The second-order valence-electron chi connectivity index (χ2n) is 4.81. The second-order valence-corrected chi connectivity index (χ2v) is 5.67. The summed E-state index contributed by atoms with van der Waals surface area (Å²) in [6.45, 7) is 1.55. The van der Waals surface area contributed by atoms with E-state index >= 15 is 0 Å². The lowest BCUT2D eigenvalue weighted by molar-refractivity contribution is 0.0501. The molecule has 1 aromatic carbocycles. The first kappa shape index (κ1) is 11.9. The predicted octanol–water partition coefficient (Wildman–Crippen LogP) is 2.70. The van der Waals surface area contributed by atoms with E-state index in [0.29, 0.717) is 11.6 Å². The lowest BCUT2D eigenvalue weighted by Gasteiger charge is -2.32. The van der Waals surface area contributed by atoms with E-state index in [0.717, 1.165) is 28.3 Å². The van der Waals surface area contributed by atoms with Crippen molar-refractivity contribution < 1.29 is 9.90 Å². The van der Waals surface area contributed by atoms with Crippen LogP contribution >= 0.6 is 15.9 Å². The third-order valence-corrected chi connectivity index (χ3v) is 4.12. The molecule has 1 aliphatic carbocycles. The molecule has 0 saturated heterocycles. The normalized spacial score (nSPS) is 23.1. The van der Waals surface area contributed by atoms with Crippen LogP contribution in [-0.2, 0) is 0 Å². The topological polar surface area (TPSA) is 55.1 Å². The highest BCUT2D eigenvalue weighted by Gasteiger charge is 2.30. The molecule has 1 fully saturated rings. The zero-order valence-corrected chi connectivity index (χ0v) is 11.5. The summed E-state index contributed by atoms with van der Waals surface area (Å²) in [6.07, 6.45) is 3.14. The Hall–Kier alpha value is -1.20. The van der Waals surface area contributed by atoms with Gasteiger partial charge in [0.05, 0.1) is 23.5 Å². The number of aromatic nitrogens is 2. The third-order valence-electron chi connectivity index (χ3n) is 3.51. The Balaban J connectivity index is 2.11. The molecule has 1 saturated carbocycles. The minimum absolute atomic E-state index is 0.0335. The van der Waals surface area contributed by atoms with E-state index in [-0.39, 0.29) is 11.9 Å². The quantitative estimate of drug-likeness (QED) is 0.868. The van der Waals surface area contributed by atoms with Crippen molar-refractivity contribution >= 4 is 32.7 Å². The van der Waals surface area contributed by atoms with Gasteiger partial charge in [-0.3, -0.25) is 4.79 Å². The maximum absolute atomic E-state index is 11.4. The van der Waals surface area contributed by atoms with Crippen LogP contribution in [0.3, 0.4) is 0 Å². The number of rotatable bonds is 2. The Morgan fingerprint density at radius 1 is 1.50 bits per heavy atom. The maximum atomic E-state index is 11.4. The van der Waals surface area contributed by atoms with Crippen molar-refractivity contribution in [3.05, 3.63) is 28.5 Å². The molecule has 2 aromatic rings. The SMILES string of the molecule is CC(=O)c1cc(Br)c2c(c1)ncn2C1CC(O)C1. The molecule has 3 rings (SSSR count). The molecule has 0 bridgehead atoms. The minimum Gasteiger partial charge on any atom is -0.393 e. The summed E-state index contributed by atoms with van der Waals surface area (Å²) in [5, 5.41) is 9.39. The van der Waals surface area contributed by atoms with Crippen LogP contribution in [0.5, 0.6) is 0 Å². The molecular formula is C13H13BrN2O2. The molecular weight excluding hydrogens is 296 g/mol. The van der Waals surface area contributed by atoms with E-state index in [9.17, 15) is 9.90 Å². The van der Waals surface area contributed by atoms with Gasteiger partial charge in [-0.15, -0.1) is 0 Å². The Morgan fingerprint density at radius 3 is 2.83 bits per heavy atom. The number of halogens is 1. The zero-order valence-electron chi connectivity index (χ0n) is 9.93. The molecule has 0 unspecified atom stereocenters. The number of hydrogen-bond acceptors (Lipinski definition) is 3. The summed E-state index contributed by atoms with van der Waals surface area (Å²) in [4.78, 5) is 15.8. The average Bonchev–Trinajstić information content (AvgIpc) is 2.68. The molecule has 5 heteroatoms. The highest BCUT2D eigenvalue weighted by atomic mass is 79.9. The summed E-state index contributed by atoms with van der Waals surface area (Å²) in [7, 11) is 0. The molecule has 1 aliphatic rings. The number of ketones is 1. The second kappa shape index (κ2) is 4.17. The number of Topliss-reactive ketones (excluding diaryl/α,β-unsaturated/α-hetero) is 1. The smallest absolute Gasteiger partial charge is 0.159 e. The lowest BCUT2D eigenvalue weighted by atomic mass is 9.89. The van der Waals surface area contributed by atoms with Crippen molar-refractivity contribution in [3.63, 3.8) is 0 Å². The van der Waals surface area contributed by atoms with E-state index in [1.807, 2.05) is 12.1 Å². The van der Waals surface area contributed by atoms with Crippen molar-refractivity contribution in [3.8, 4) is 0 Å². The molecule has 1 N–H and O–H groups in total. The summed E-state index contributed by atoms with van der Waals surface area (Å²) < 4.78 is 2.96. The lowest BCUT2D eigenvalue weighted by Crippen LogP contribution is -2.30. The van der Waals surface area contributed by atoms with Crippen molar-refractivity contribution in [2.45, 2.75) is 31.9 Å². The van der Waals surface area contributed by atoms with Crippen LogP contribution in [-0.4, -0.2) is 26.5 Å². The van der Waals surface area contributed by atoms with Crippen LogP contribution in [0.25, 0.3) is 11.0 Å². The van der Waals surface area contributed by atoms with Gasteiger partial charge in [-0.2, -0.15) is 0 Å². The largest absolute Gasteiger partial charge is 0.393 e. The maximum Gasteiger partial charge on any atom is 0.159 e. The van der Waals surface area contributed by atoms with E-state index in [1.165, 1.54) is 0 Å². The summed E-state index contributed by atoms with van der Waals surface area (Å²) in [5.74, 6) is 0.0335. The van der Waals surface area contributed by atoms with Gasteiger partial charge in [0.25, 0.3) is 0 Å². The van der Waals surface area contributed by atoms with E-state index in [1.54, 1.807) is 13.3 Å². The molecule has 0 atom stereocenters. The van der Waals surface area contributed by atoms with Gasteiger partial charge in [-0.25, -0.2) is 4.98 Å². The standard InChI is InChI=1S/C13H13BrN2O2/c1-7(17)8-2-11(14)13-12(3-8)15-6-16(13)9-4-10(18)5-9/h2-3,6,9-10,18H,4-5H2,1H3. The average molecular weight is 309 g/mol. The fraction of sp³-hybridized carbons (Fsp3) is 0.385. The Bertz CT molecular complexity index is 629. The molecule has 18 heavy (non-hydrogen) atoms. The highest BCUT2D eigenvalue weighted by Crippen LogP contribution is 2.36. The Kier molecular flexibility index (Phi) is 2.75.